The Morgan fingerprint density at radius 2 is 1.86 bits per heavy atom. The third kappa shape index (κ3) is 5.44. The first-order chi connectivity index (χ1) is 13.6. The maximum Gasteiger partial charge on any atom is 0.326 e. The van der Waals surface area contributed by atoms with Crippen LogP contribution in [0.1, 0.15) is 50.0 Å². The van der Waals surface area contributed by atoms with Gasteiger partial charge < -0.3 is 14.0 Å². The van der Waals surface area contributed by atoms with Crippen molar-refractivity contribution in [3.8, 4) is 16.9 Å². The molecule has 2 aromatic rings. The van der Waals surface area contributed by atoms with Crippen LogP contribution in [-0.4, -0.2) is 29.0 Å². The van der Waals surface area contributed by atoms with Gasteiger partial charge in [-0.3, -0.25) is 14.4 Å². The van der Waals surface area contributed by atoms with Gasteiger partial charge in [0.05, 0.1) is 13.3 Å². The fraction of sp³-hybridized carbons (Fsp3) is 0.348. The van der Waals surface area contributed by atoms with Crippen molar-refractivity contribution in [3.63, 3.8) is 0 Å². The molecule has 1 aromatic carbocycles. The highest BCUT2D eigenvalue weighted by Crippen LogP contribution is 2.33. The minimum Gasteiger partial charge on any atom is -0.495 e. The molecule has 0 radical (unpaired) electrons. The average Bonchev–Trinajstić information content (AvgIpc) is 2.66. The van der Waals surface area contributed by atoms with Gasteiger partial charge in [-0.2, -0.15) is 0 Å². The Hall–Kier alpha value is -3.15. The van der Waals surface area contributed by atoms with Crippen molar-refractivity contribution in [2.45, 2.75) is 46.3 Å². The maximum absolute atomic E-state index is 12.7. The van der Waals surface area contributed by atoms with E-state index in [0.29, 0.717) is 28.9 Å². The van der Waals surface area contributed by atoms with E-state index in [4.69, 9.17) is 9.47 Å². The Labute approximate surface area is 170 Å². The standard InChI is InChI=1S/C23H27NO5/c1-7-15-9-10-16(19(25)8-2)17(11-15)18-12-21(26)24(13-20(18)28-6)14-22(27)29-23(3,4)5/h7,9-13H,1,8,14H2,2-6H3. The molecule has 6 nitrogen and oxygen atoms in total. The van der Waals surface area contributed by atoms with Gasteiger partial charge in [-0.25, -0.2) is 0 Å². The fourth-order valence-electron chi connectivity index (χ4n) is 2.91. The topological polar surface area (TPSA) is 74.6 Å². The van der Waals surface area contributed by atoms with Crippen molar-refractivity contribution in [2.24, 2.45) is 0 Å². The number of carbonyl (C=O) groups is 2. The Bertz CT molecular complexity index is 995. The summed E-state index contributed by atoms with van der Waals surface area (Å²) in [5.41, 5.74) is 1.34. The van der Waals surface area contributed by atoms with E-state index in [0.717, 1.165) is 5.56 Å². The van der Waals surface area contributed by atoms with Crippen LogP contribution in [0.5, 0.6) is 5.75 Å². The summed E-state index contributed by atoms with van der Waals surface area (Å²) in [4.78, 5) is 37.2. The first kappa shape index (κ1) is 22.1. The van der Waals surface area contributed by atoms with Crippen molar-refractivity contribution in [2.75, 3.05) is 7.11 Å². The molecule has 0 unspecified atom stereocenters. The van der Waals surface area contributed by atoms with E-state index >= 15 is 0 Å². The van der Waals surface area contributed by atoms with Crippen molar-refractivity contribution >= 4 is 17.8 Å². The number of carbonyl (C=O) groups excluding carboxylic acids is 2. The van der Waals surface area contributed by atoms with Crippen LogP contribution in [0.3, 0.4) is 0 Å². The summed E-state index contributed by atoms with van der Waals surface area (Å²) in [5, 5.41) is 0. The molecule has 6 heteroatoms. The van der Waals surface area contributed by atoms with Gasteiger partial charge in [0.1, 0.15) is 17.9 Å². The zero-order chi connectivity index (χ0) is 21.8. The Morgan fingerprint density at radius 1 is 1.17 bits per heavy atom. The number of hydrogen-bond donors (Lipinski definition) is 0. The van der Waals surface area contributed by atoms with E-state index in [2.05, 4.69) is 6.58 Å². The number of ketones is 1. The van der Waals surface area contributed by atoms with E-state index in [1.54, 1.807) is 52.0 Å². The number of ether oxygens (including phenoxy) is 2. The minimum absolute atomic E-state index is 0.0457. The normalized spacial score (nSPS) is 11.1. The Balaban J connectivity index is 2.57. The maximum atomic E-state index is 12.7. The van der Waals surface area contributed by atoms with Crippen molar-refractivity contribution in [1.29, 1.82) is 0 Å². The number of nitrogens with zero attached hydrogens (tertiary/aromatic N) is 1. The number of pyridine rings is 1. The Kier molecular flexibility index (Phi) is 6.80. The van der Waals surface area contributed by atoms with E-state index in [9.17, 15) is 14.4 Å². The highest BCUT2D eigenvalue weighted by atomic mass is 16.6. The van der Waals surface area contributed by atoms with Crippen molar-refractivity contribution in [3.05, 3.63) is 58.5 Å². The number of rotatable bonds is 7. The van der Waals surface area contributed by atoms with E-state index < -0.39 is 17.1 Å². The lowest BCUT2D eigenvalue weighted by atomic mass is 9.94. The van der Waals surface area contributed by atoms with Gasteiger partial charge in [0, 0.05) is 23.6 Å². The van der Waals surface area contributed by atoms with Crippen LogP contribution in [0.25, 0.3) is 17.2 Å². The SMILES string of the molecule is C=Cc1ccc(C(=O)CC)c(-c2cc(=O)n(CC(=O)OC(C)(C)C)cc2OC)c1. The van der Waals surface area contributed by atoms with Crippen LogP contribution >= 0.6 is 0 Å². The molecular formula is C23H27NO5. The first-order valence-corrected chi connectivity index (χ1v) is 9.40. The summed E-state index contributed by atoms with van der Waals surface area (Å²) in [6.07, 6.45) is 3.46. The molecule has 0 saturated heterocycles. The molecule has 1 heterocycles. The van der Waals surface area contributed by atoms with Gasteiger partial charge in [-0.05, 0) is 38.0 Å². The molecule has 0 amide bonds. The molecule has 154 valence electrons. The zero-order valence-corrected chi connectivity index (χ0v) is 17.6. The van der Waals surface area contributed by atoms with E-state index in [1.807, 2.05) is 0 Å². The minimum atomic E-state index is -0.648. The molecule has 0 saturated carbocycles. The molecule has 0 bridgehead atoms. The number of esters is 1. The van der Waals surface area contributed by atoms with Gasteiger partial charge in [-0.15, -0.1) is 0 Å². The first-order valence-electron chi connectivity index (χ1n) is 9.40. The predicted molar refractivity (Wildman–Crippen MR) is 113 cm³/mol. The van der Waals surface area contributed by atoms with Gasteiger partial charge in [-0.1, -0.05) is 31.7 Å². The third-order valence-electron chi connectivity index (χ3n) is 4.22. The lowest BCUT2D eigenvalue weighted by Crippen LogP contribution is -2.30. The number of benzene rings is 1. The van der Waals surface area contributed by atoms with Crippen LogP contribution in [0, 0.1) is 0 Å². The molecule has 0 atom stereocenters. The molecule has 0 spiro atoms. The summed E-state index contributed by atoms with van der Waals surface area (Å²) in [7, 11) is 1.47. The van der Waals surface area contributed by atoms with Crippen LogP contribution < -0.4 is 10.3 Å². The molecule has 0 aliphatic rings. The quantitative estimate of drug-likeness (QED) is 0.519. The smallest absolute Gasteiger partial charge is 0.326 e. The van der Waals surface area contributed by atoms with Crippen molar-refractivity contribution < 1.29 is 19.1 Å². The van der Waals surface area contributed by atoms with Gasteiger partial charge in [0.15, 0.2) is 5.78 Å². The van der Waals surface area contributed by atoms with E-state index in [1.165, 1.54) is 23.9 Å². The third-order valence-corrected chi connectivity index (χ3v) is 4.22. The molecule has 0 aliphatic carbocycles. The summed E-state index contributed by atoms with van der Waals surface area (Å²) >= 11 is 0. The van der Waals surface area contributed by atoms with Crippen molar-refractivity contribution in [1.82, 2.24) is 4.57 Å². The lowest BCUT2D eigenvalue weighted by Gasteiger charge is -2.20. The number of methoxy groups -OCH3 is 1. The lowest BCUT2D eigenvalue weighted by molar-refractivity contribution is -0.155. The largest absolute Gasteiger partial charge is 0.495 e. The highest BCUT2D eigenvalue weighted by Gasteiger charge is 2.20. The van der Waals surface area contributed by atoms with Gasteiger partial charge in [0.2, 0.25) is 0 Å². The molecular weight excluding hydrogens is 370 g/mol. The number of hydrogen-bond acceptors (Lipinski definition) is 5. The molecule has 0 aliphatic heterocycles. The summed E-state index contributed by atoms with van der Waals surface area (Å²) in [6.45, 7) is 10.6. The van der Waals surface area contributed by atoms with Crippen LogP contribution in [0.2, 0.25) is 0 Å². The van der Waals surface area contributed by atoms with Crippen LogP contribution in [-0.2, 0) is 16.1 Å². The Morgan fingerprint density at radius 3 is 2.41 bits per heavy atom. The second-order valence-electron chi connectivity index (χ2n) is 7.59. The highest BCUT2D eigenvalue weighted by molar-refractivity contribution is 6.03. The molecule has 0 N–H and O–H groups in total. The summed E-state index contributed by atoms with van der Waals surface area (Å²) in [6, 6.07) is 6.70. The fourth-order valence-corrected chi connectivity index (χ4v) is 2.91. The molecule has 1 aromatic heterocycles. The molecule has 0 fully saturated rings. The second kappa shape index (κ2) is 8.90. The van der Waals surface area contributed by atoms with E-state index in [-0.39, 0.29) is 12.3 Å². The van der Waals surface area contributed by atoms with Gasteiger partial charge >= 0.3 is 5.97 Å². The van der Waals surface area contributed by atoms with Crippen LogP contribution in [0.4, 0.5) is 0 Å². The summed E-state index contributed by atoms with van der Waals surface area (Å²) < 4.78 is 12.0. The van der Waals surface area contributed by atoms with Gasteiger partial charge in [0.25, 0.3) is 5.56 Å². The number of aromatic nitrogens is 1. The predicted octanol–water partition coefficient (Wildman–Crippen LogP) is 4.10. The molecule has 2 rings (SSSR count). The number of Topliss-reactive ketones (excluding diaryl/α,β-unsaturated/α-hetero) is 1. The molecule has 29 heavy (non-hydrogen) atoms. The van der Waals surface area contributed by atoms with Crippen LogP contribution in [0.15, 0.2) is 41.8 Å². The average molecular weight is 397 g/mol. The summed E-state index contributed by atoms with van der Waals surface area (Å²) in [5.74, 6) is -0.194. The monoisotopic (exact) mass is 397 g/mol. The second-order valence-corrected chi connectivity index (χ2v) is 7.59. The zero-order valence-electron chi connectivity index (χ0n) is 17.6.